The summed E-state index contributed by atoms with van der Waals surface area (Å²) in [5.74, 6) is 1.81. The largest absolute Gasteiger partial charge is 0.496 e. The van der Waals surface area contributed by atoms with Crippen LogP contribution < -0.4 is 15.8 Å². The van der Waals surface area contributed by atoms with Gasteiger partial charge in [0, 0.05) is 5.56 Å². The first-order valence-electron chi connectivity index (χ1n) is 8.90. The third-order valence-corrected chi connectivity index (χ3v) is 4.99. The van der Waals surface area contributed by atoms with Crippen molar-refractivity contribution in [1.82, 2.24) is 14.8 Å². The molecule has 26 heavy (non-hydrogen) atoms. The van der Waals surface area contributed by atoms with E-state index < -0.39 is 0 Å². The number of nitrogens with one attached hydrogen (secondary N) is 1. The van der Waals surface area contributed by atoms with Crippen molar-refractivity contribution in [2.45, 2.75) is 31.8 Å². The Kier molecular flexibility index (Phi) is 4.24. The Bertz CT molecular complexity index is 903. The number of nitrogens with zero attached hydrogens (tertiary/aromatic N) is 3. The summed E-state index contributed by atoms with van der Waals surface area (Å²) in [6.07, 6.45) is 1.87. The van der Waals surface area contributed by atoms with Crippen LogP contribution in [0.15, 0.2) is 48.5 Å². The molecule has 2 atom stereocenters. The summed E-state index contributed by atoms with van der Waals surface area (Å²) in [5.41, 5.74) is 9.52. The minimum absolute atomic E-state index is 0.00283. The van der Waals surface area contributed by atoms with Crippen molar-refractivity contribution >= 4 is 11.9 Å². The van der Waals surface area contributed by atoms with Crippen LogP contribution in [0, 0.1) is 0 Å². The van der Waals surface area contributed by atoms with Gasteiger partial charge < -0.3 is 15.8 Å². The van der Waals surface area contributed by atoms with E-state index >= 15 is 0 Å². The number of hydrogen-bond acceptors (Lipinski definition) is 5. The monoisotopic (exact) mass is 349 g/mol. The van der Waals surface area contributed by atoms with Gasteiger partial charge in [-0.2, -0.15) is 4.98 Å². The second kappa shape index (κ2) is 6.71. The lowest BCUT2D eigenvalue weighted by Crippen LogP contribution is -2.28. The zero-order valence-corrected chi connectivity index (χ0v) is 15.0. The van der Waals surface area contributed by atoms with Crippen LogP contribution >= 0.6 is 0 Å². The van der Waals surface area contributed by atoms with Gasteiger partial charge in [-0.1, -0.05) is 49.4 Å². The maximum Gasteiger partial charge on any atom is 0.241 e. The van der Waals surface area contributed by atoms with Gasteiger partial charge in [-0.05, 0) is 30.0 Å². The van der Waals surface area contributed by atoms with E-state index in [1.54, 1.807) is 7.11 Å². The molecule has 134 valence electrons. The molecular formula is C20H23N5O. The molecule has 4 rings (SSSR count). The molecule has 0 fully saturated rings. The molecule has 0 saturated heterocycles. The molecule has 0 saturated carbocycles. The smallest absolute Gasteiger partial charge is 0.241 e. The fraction of sp³-hybridized carbons (Fsp3) is 0.300. The first kappa shape index (κ1) is 16.4. The number of methoxy groups -OCH3 is 1. The number of rotatable bonds is 4. The van der Waals surface area contributed by atoms with Crippen molar-refractivity contribution in [3.05, 3.63) is 65.2 Å². The van der Waals surface area contributed by atoms with E-state index in [1.165, 1.54) is 11.1 Å². The Morgan fingerprint density at radius 3 is 2.69 bits per heavy atom. The molecule has 1 aliphatic rings. The summed E-state index contributed by atoms with van der Waals surface area (Å²) in [7, 11) is 1.69. The van der Waals surface area contributed by atoms with Crippen LogP contribution in [0.1, 0.15) is 42.1 Å². The number of para-hydroxylation sites is 1. The van der Waals surface area contributed by atoms with Gasteiger partial charge in [-0.3, -0.25) is 0 Å². The molecule has 6 heteroatoms. The van der Waals surface area contributed by atoms with Crippen LogP contribution in [-0.4, -0.2) is 21.9 Å². The van der Waals surface area contributed by atoms with Crippen LogP contribution in [0.5, 0.6) is 5.75 Å². The molecule has 0 amide bonds. The van der Waals surface area contributed by atoms with Crippen molar-refractivity contribution in [3.8, 4) is 5.75 Å². The zero-order chi connectivity index (χ0) is 18.1. The van der Waals surface area contributed by atoms with E-state index in [4.69, 9.17) is 10.5 Å². The average molecular weight is 349 g/mol. The Morgan fingerprint density at radius 1 is 1.19 bits per heavy atom. The van der Waals surface area contributed by atoms with Gasteiger partial charge in [0.15, 0.2) is 0 Å². The molecule has 3 N–H and O–H groups in total. The molecular weight excluding hydrogens is 326 g/mol. The van der Waals surface area contributed by atoms with Gasteiger partial charge in [-0.15, -0.1) is 5.10 Å². The van der Waals surface area contributed by atoms with Crippen LogP contribution in [0.2, 0.25) is 0 Å². The van der Waals surface area contributed by atoms with E-state index in [2.05, 4.69) is 52.7 Å². The summed E-state index contributed by atoms with van der Waals surface area (Å²) < 4.78 is 7.44. The number of nitrogen functional groups attached to an aromatic ring is 1. The predicted molar refractivity (Wildman–Crippen MR) is 102 cm³/mol. The number of ether oxygens (including phenoxy) is 1. The quantitative estimate of drug-likeness (QED) is 0.753. The number of aryl methyl sites for hydroxylation is 1. The zero-order valence-electron chi connectivity index (χ0n) is 15.0. The highest BCUT2D eigenvalue weighted by atomic mass is 16.5. The third kappa shape index (κ3) is 2.87. The summed E-state index contributed by atoms with van der Waals surface area (Å²) in [4.78, 5) is 4.37. The normalized spacial score (nSPS) is 18.8. The number of aromatic nitrogens is 3. The molecule has 2 aromatic carbocycles. The van der Waals surface area contributed by atoms with E-state index in [0.717, 1.165) is 24.2 Å². The number of fused-ring (bicyclic) bond motifs is 1. The molecule has 0 unspecified atom stereocenters. The summed E-state index contributed by atoms with van der Waals surface area (Å²) in [5, 5.41) is 7.88. The van der Waals surface area contributed by atoms with Gasteiger partial charge >= 0.3 is 0 Å². The highest BCUT2D eigenvalue weighted by Crippen LogP contribution is 2.40. The van der Waals surface area contributed by atoms with Gasteiger partial charge in [-0.25, -0.2) is 4.68 Å². The topological polar surface area (TPSA) is 78.0 Å². The molecule has 0 bridgehead atoms. The lowest BCUT2D eigenvalue weighted by Gasteiger charge is -2.32. The van der Waals surface area contributed by atoms with Crippen LogP contribution in [0.25, 0.3) is 0 Å². The first-order chi connectivity index (χ1) is 12.7. The molecule has 6 nitrogen and oxygen atoms in total. The molecule has 1 aromatic heterocycles. The van der Waals surface area contributed by atoms with Crippen molar-refractivity contribution in [3.63, 3.8) is 0 Å². The summed E-state index contributed by atoms with van der Waals surface area (Å²) in [6.45, 7) is 2.16. The second-order valence-corrected chi connectivity index (χ2v) is 6.52. The number of anilines is 2. The Balaban J connectivity index is 1.75. The number of hydrogen-bond donors (Lipinski definition) is 2. The van der Waals surface area contributed by atoms with Gasteiger partial charge in [0.1, 0.15) is 5.75 Å². The minimum Gasteiger partial charge on any atom is -0.496 e. The van der Waals surface area contributed by atoms with Crippen molar-refractivity contribution < 1.29 is 4.74 Å². The van der Waals surface area contributed by atoms with Gasteiger partial charge in [0.05, 0.1) is 19.2 Å². The summed E-state index contributed by atoms with van der Waals surface area (Å²) >= 11 is 0. The van der Waals surface area contributed by atoms with E-state index in [1.807, 2.05) is 22.9 Å². The molecule has 1 aliphatic heterocycles. The molecule has 3 aromatic rings. The third-order valence-electron chi connectivity index (χ3n) is 4.99. The van der Waals surface area contributed by atoms with E-state index in [9.17, 15) is 0 Å². The standard InChI is InChI=1S/C20H23N5O/c1-3-13-8-10-14(11-9-13)16-12-17(15-6-4-5-7-18(15)26-2)25-20(22-16)23-19(21)24-25/h4-11,16-17H,3,12H2,1-2H3,(H3,21,22,23,24)/t16-,17+/m0/s1. The minimum atomic E-state index is 0.00283. The van der Waals surface area contributed by atoms with E-state index in [0.29, 0.717) is 5.95 Å². The predicted octanol–water partition coefficient (Wildman–Crippen LogP) is 3.58. The molecule has 0 spiro atoms. The fourth-order valence-electron chi connectivity index (χ4n) is 3.60. The molecule has 0 aliphatic carbocycles. The lowest BCUT2D eigenvalue weighted by atomic mass is 9.92. The Labute approximate surface area is 153 Å². The number of nitrogens with two attached hydrogens (primary N) is 1. The molecule has 0 radical (unpaired) electrons. The van der Waals surface area contributed by atoms with Crippen LogP contribution in [-0.2, 0) is 6.42 Å². The first-order valence-corrected chi connectivity index (χ1v) is 8.90. The van der Waals surface area contributed by atoms with Gasteiger partial charge in [0.25, 0.3) is 0 Å². The average Bonchev–Trinajstić information content (AvgIpc) is 3.07. The van der Waals surface area contributed by atoms with Crippen molar-refractivity contribution in [2.75, 3.05) is 18.2 Å². The van der Waals surface area contributed by atoms with Crippen molar-refractivity contribution in [2.24, 2.45) is 0 Å². The van der Waals surface area contributed by atoms with Crippen molar-refractivity contribution in [1.29, 1.82) is 0 Å². The lowest BCUT2D eigenvalue weighted by molar-refractivity contribution is 0.380. The maximum atomic E-state index is 5.88. The Morgan fingerprint density at radius 2 is 1.96 bits per heavy atom. The maximum absolute atomic E-state index is 5.88. The fourth-order valence-corrected chi connectivity index (χ4v) is 3.60. The van der Waals surface area contributed by atoms with Gasteiger partial charge in [0.2, 0.25) is 11.9 Å². The highest BCUT2D eigenvalue weighted by molar-refractivity contribution is 5.45. The van der Waals surface area contributed by atoms with E-state index in [-0.39, 0.29) is 18.0 Å². The molecule has 2 heterocycles. The number of benzene rings is 2. The summed E-state index contributed by atoms with van der Waals surface area (Å²) in [6, 6.07) is 16.9. The SMILES string of the molecule is CCc1ccc([C@@H]2C[C@H](c3ccccc3OC)n3nc(N)nc3N2)cc1. The van der Waals surface area contributed by atoms with Crippen LogP contribution in [0.3, 0.4) is 0 Å². The Hall–Kier alpha value is -3.02. The van der Waals surface area contributed by atoms with Crippen LogP contribution in [0.4, 0.5) is 11.9 Å². The highest BCUT2D eigenvalue weighted by Gasteiger charge is 2.32. The second-order valence-electron chi connectivity index (χ2n) is 6.52.